The van der Waals surface area contributed by atoms with Crippen molar-refractivity contribution in [3.8, 4) is 11.5 Å². The van der Waals surface area contributed by atoms with Crippen LogP contribution in [0.5, 0.6) is 0 Å². The van der Waals surface area contributed by atoms with E-state index in [0.717, 1.165) is 11.5 Å². The Morgan fingerprint density at radius 2 is 2.17 bits per heavy atom. The summed E-state index contributed by atoms with van der Waals surface area (Å²) in [5.74, 6) is 0.727. The predicted octanol–water partition coefficient (Wildman–Crippen LogP) is 0.353. The van der Waals surface area contributed by atoms with E-state index < -0.39 is 0 Å². The summed E-state index contributed by atoms with van der Waals surface area (Å²) in [7, 11) is 0. The fourth-order valence-corrected chi connectivity index (χ4v) is 0.893. The van der Waals surface area contributed by atoms with Crippen LogP contribution in [0.1, 0.15) is 0 Å². The second-order valence-electron chi connectivity index (χ2n) is 2.24. The Balaban J connectivity index is 2.46. The van der Waals surface area contributed by atoms with E-state index in [2.05, 4.69) is 20.2 Å². The van der Waals surface area contributed by atoms with Crippen LogP contribution < -0.4 is 4.98 Å². The van der Waals surface area contributed by atoms with E-state index >= 15 is 0 Å². The summed E-state index contributed by atoms with van der Waals surface area (Å²) in [4.78, 5) is 7.06. The van der Waals surface area contributed by atoms with Gasteiger partial charge in [0.15, 0.2) is 5.69 Å². The molecule has 0 saturated carbocycles. The minimum Gasteiger partial charge on any atom is -0.242 e. The highest BCUT2D eigenvalue weighted by atomic mass is 15.1. The van der Waals surface area contributed by atoms with E-state index in [9.17, 15) is 0 Å². The van der Waals surface area contributed by atoms with Gasteiger partial charge in [0.1, 0.15) is 6.20 Å². The van der Waals surface area contributed by atoms with Crippen molar-refractivity contribution in [2.75, 3.05) is 0 Å². The van der Waals surface area contributed by atoms with Gasteiger partial charge in [0, 0.05) is 12.3 Å². The van der Waals surface area contributed by atoms with Gasteiger partial charge >= 0.3 is 5.82 Å². The van der Waals surface area contributed by atoms with Crippen molar-refractivity contribution in [3.63, 3.8) is 0 Å². The molecule has 0 aliphatic carbocycles. The summed E-state index contributed by atoms with van der Waals surface area (Å²) >= 11 is 0. The summed E-state index contributed by atoms with van der Waals surface area (Å²) in [6, 6.07) is 5.50. The van der Waals surface area contributed by atoms with Crippen LogP contribution in [0.4, 0.5) is 0 Å². The lowest BCUT2D eigenvalue weighted by Crippen LogP contribution is -2.08. The third-order valence-corrected chi connectivity index (χ3v) is 1.42. The highest BCUT2D eigenvalue weighted by Crippen LogP contribution is 2.03. The predicted molar refractivity (Wildman–Crippen MR) is 41.8 cm³/mol. The summed E-state index contributed by atoms with van der Waals surface area (Å²) in [6.07, 6.45) is 5.14. The van der Waals surface area contributed by atoms with Crippen LogP contribution in [-0.4, -0.2) is 15.2 Å². The molecule has 1 N–H and O–H groups in total. The van der Waals surface area contributed by atoms with Crippen molar-refractivity contribution < 1.29 is 4.98 Å². The van der Waals surface area contributed by atoms with Gasteiger partial charge < -0.3 is 0 Å². The standard InChI is InChI=1S/C8H6N4/c1-3-7(12-11-6-1)8-9-4-2-5-10-8/h1-6H/p+1. The number of hydrogen-bond acceptors (Lipinski definition) is 3. The van der Waals surface area contributed by atoms with Crippen molar-refractivity contribution in [2.24, 2.45) is 0 Å². The molecule has 0 amide bonds. The molecule has 4 heteroatoms. The Morgan fingerprint density at radius 1 is 1.17 bits per heavy atom. The average Bonchev–Trinajstić information content (AvgIpc) is 2.21. The second kappa shape index (κ2) is 3.04. The third kappa shape index (κ3) is 1.27. The maximum absolute atomic E-state index is 4.09. The normalized spacial score (nSPS) is 9.67. The van der Waals surface area contributed by atoms with Crippen LogP contribution in [-0.2, 0) is 0 Å². The Kier molecular flexibility index (Phi) is 1.74. The highest BCUT2D eigenvalue weighted by Gasteiger charge is 2.06. The number of H-pyrrole nitrogens is 1. The van der Waals surface area contributed by atoms with E-state index in [4.69, 9.17) is 0 Å². The van der Waals surface area contributed by atoms with Crippen LogP contribution in [0.25, 0.3) is 11.5 Å². The number of aromatic nitrogens is 4. The Morgan fingerprint density at radius 3 is 2.83 bits per heavy atom. The number of aromatic amines is 1. The highest BCUT2D eigenvalue weighted by molar-refractivity contribution is 5.42. The molecule has 2 aromatic rings. The van der Waals surface area contributed by atoms with Gasteiger partial charge in [0.2, 0.25) is 0 Å². The molecule has 12 heavy (non-hydrogen) atoms. The first-order chi connectivity index (χ1) is 5.97. The third-order valence-electron chi connectivity index (χ3n) is 1.42. The van der Waals surface area contributed by atoms with E-state index in [1.807, 2.05) is 18.2 Å². The first-order valence-corrected chi connectivity index (χ1v) is 3.57. The van der Waals surface area contributed by atoms with E-state index in [1.54, 1.807) is 18.6 Å². The van der Waals surface area contributed by atoms with Crippen molar-refractivity contribution >= 4 is 0 Å². The van der Waals surface area contributed by atoms with Crippen molar-refractivity contribution in [2.45, 2.75) is 0 Å². The van der Waals surface area contributed by atoms with Crippen molar-refractivity contribution in [1.29, 1.82) is 0 Å². The maximum Gasteiger partial charge on any atom is 0.348 e. The molecule has 0 atom stereocenters. The minimum atomic E-state index is 0.727. The quantitative estimate of drug-likeness (QED) is 0.603. The van der Waals surface area contributed by atoms with E-state index in [1.165, 1.54) is 0 Å². The molecule has 0 radical (unpaired) electrons. The molecule has 0 fully saturated rings. The summed E-state index contributed by atoms with van der Waals surface area (Å²) < 4.78 is 0. The largest absolute Gasteiger partial charge is 0.348 e. The van der Waals surface area contributed by atoms with Gasteiger partial charge in [-0.3, -0.25) is 0 Å². The van der Waals surface area contributed by atoms with Crippen LogP contribution in [0, 0.1) is 0 Å². The lowest BCUT2D eigenvalue weighted by Gasteiger charge is -1.87. The van der Waals surface area contributed by atoms with E-state index in [-0.39, 0.29) is 0 Å². The lowest BCUT2D eigenvalue weighted by molar-refractivity contribution is -0.369. The molecular formula is C8H7N4+. The van der Waals surface area contributed by atoms with Gasteiger partial charge in [-0.05, 0) is 17.1 Å². The average molecular weight is 159 g/mol. The molecule has 0 bridgehead atoms. The molecule has 0 spiro atoms. The molecule has 2 aromatic heterocycles. The number of hydrogen-bond donors (Lipinski definition) is 0. The van der Waals surface area contributed by atoms with Gasteiger partial charge in [0.25, 0.3) is 0 Å². The first-order valence-electron chi connectivity index (χ1n) is 3.57. The number of rotatable bonds is 1. The molecule has 2 heterocycles. The zero-order valence-electron chi connectivity index (χ0n) is 6.31. The Hall–Kier alpha value is -1.84. The number of nitrogens with zero attached hydrogens (tertiary/aromatic N) is 3. The lowest BCUT2D eigenvalue weighted by atomic mass is 10.4. The van der Waals surface area contributed by atoms with Gasteiger partial charge in [-0.15, -0.1) is 5.10 Å². The maximum atomic E-state index is 4.09. The monoisotopic (exact) mass is 159 g/mol. The van der Waals surface area contributed by atoms with Gasteiger partial charge in [0.05, 0.1) is 6.20 Å². The molecule has 4 nitrogen and oxygen atoms in total. The molecule has 0 aromatic carbocycles. The summed E-state index contributed by atoms with van der Waals surface area (Å²) in [5.41, 5.74) is 0.748. The van der Waals surface area contributed by atoms with Crippen LogP contribution in [0.3, 0.4) is 0 Å². The summed E-state index contributed by atoms with van der Waals surface area (Å²) in [6.45, 7) is 0. The van der Waals surface area contributed by atoms with Crippen LogP contribution >= 0.6 is 0 Å². The van der Waals surface area contributed by atoms with Gasteiger partial charge in [-0.2, -0.15) is 5.10 Å². The minimum absolute atomic E-state index is 0.727. The molecular weight excluding hydrogens is 152 g/mol. The van der Waals surface area contributed by atoms with Crippen LogP contribution in [0.15, 0.2) is 36.8 Å². The zero-order valence-corrected chi connectivity index (χ0v) is 6.31. The smallest absolute Gasteiger partial charge is 0.242 e. The fourth-order valence-electron chi connectivity index (χ4n) is 0.893. The van der Waals surface area contributed by atoms with Gasteiger partial charge in [-0.25, -0.2) is 4.98 Å². The van der Waals surface area contributed by atoms with Crippen molar-refractivity contribution in [3.05, 3.63) is 36.8 Å². The molecule has 2 rings (SSSR count). The SMILES string of the molecule is c1cnc(-c2cccnn2)[nH+]c1. The van der Waals surface area contributed by atoms with Gasteiger partial charge in [-0.1, -0.05) is 0 Å². The van der Waals surface area contributed by atoms with Crippen LogP contribution in [0.2, 0.25) is 0 Å². The van der Waals surface area contributed by atoms with E-state index in [0.29, 0.717) is 0 Å². The van der Waals surface area contributed by atoms with Crippen molar-refractivity contribution in [1.82, 2.24) is 15.2 Å². The second-order valence-corrected chi connectivity index (χ2v) is 2.24. The topological polar surface area (TPSA) is 52.8 Å². The molecule has 0 unspecified atom stereocenters. The molecule has 0 aliphatic heterocycles. The molecule has 0 saturated heterocycles. The fraction of sp³-hybridized carbons (Fsp3) is 0. The first kappa shape index (κ1) is 6.84. The zero-order chi connectivity index (χ0) is 8.23. The Labute approximate surface area is 69.3 Å². The molecule has 0 aliphatic rings. The molecule has 58 valence electrons. The summed E-state index contributed by atoms with van der Waals surface area (Å²) in [5, 5.41) is 7.66. The Bertz CT molecular complexity index is 308. The number of nitrogens with one attached hydrogen (secondary N) is 1.